The quantitative estimate of drug-likeness (QED) is 0.774. The maximum Gasteiger partial charge on any atom is 0.203 e. The van der Waals surface area contributed by atoms with Gasteiger partial charge in [-0.25, -0.2) is 0 Å². The van der Waals surface area contributed by atoms with Crippen LogP contribution < -0.4 is 9.47 Å². The van der Waals surface area contributed by atoms with Gasteiger partial charge in [-0.15, -0.1) is 0 Å². The lowest BCUT2D eigenvalue weighted by molar-refractivity contribution is 0.0918. The fraction of sp³-hybridized carbons (Fsp3) is 0.133. The maximum absolute atomic E-state index is 12.1. The maximum atomic E-state index is 12.1. The van der Waals surface area contributed by atoms with E-state index in [0.717, 1.165) is 0 Å². The second-order valence-corrected chi connectivity index (χ2v) is 4.88. The molecule has 0 spiro atoms. The minimum Gasteiger partial charge on any atom is -0.496 e. The van der Waals surface area contributed by atoms with E-state index in [1.54, 1.807) is 42.5 Å². The van der Waals surface area contributed by atoms with Gasteiger partial charge in [0.1, 0.15) is 11.5 Å². The lowest BCUT2D eigenvalue weighted by atomic mass is 10.1. The van der Waals surface area contributed by atoms with E-state index in [0.29, 0.717) is 27.1 Å². The van der Waals surface area contributed by atoms with Crippen molar-refractivity contribution >= 4 is 29.0 Å². The Morgan fingerprint density at radius 2 is 1.70 bits per heavy atom. The fourth-order valence-electron chi connectivity index (χ4n) is 1.66. The van der Waals surface area contributed by atoms with Crippen LogP contribution in [0.2, 0.25) is 10.0 Å². The molecule has 0 unspecified atom stereocenters. The number of halogens is 2. The normalized spacial score (nSPS) is 10.2. The highest BCUT2D eigenvalue weighted by molar-refractivity contribution is 6.31. The average Bonchev–Trinajstić information content (AvgIpc) is 2.46. The number of carbonyl (C=O) groups is 1. The summed E-state index contributed by atoms with van der Waals surface area (Å²) in [6.45, 7) is -0.0989. The van der Waals surface area contributed by atoms with Gasteiger partial charge in [0.2, 0.25) is 5.78 Å². The first-order valence-corrected chi connectivity index (χ1v) is 6.61. The minimum absolute atomic E-state index is 0.0989. The molecule has 0 fully saturated rings. The first-order chi connectivity index (χ1) is 9.60. The summed E-state index contributed by atoms with van der Waals surface area (Å²) in [7, 11) is 1.50. The van der Waals surface area contributed by atoms with Crippen LogP contribution in [0.1, 0.15) is 10.4 Å². The lowest BCUT2D eigenvalue weighted by Crippen LogP contribution is -2.12. The molecule has 20 heavy (non-hydrogen) atoms. The second-order valence-electron chi connectivity index (χ2n) is 4.01. The van der Waals surface area contributed by atoms with Gasteiger partial charge in [0.05, 0.1) is 12.7 Å². The van der Waals surface area contributed by atoms with E-state index in [2.05, 4.69) is 0 Å². The highest BCUT2D eigenvalue weighted by Gasteiger charge is 2.13. The van der Waals surface area contributed by atoms with E-state index < -0.39 is 0 Å². The van der Waals surface area contributed by atoms with Gasteiger partial charge in [-0.05, 0) is 42.5 Å². The highest BCUT2D eigenvalue weighted by Crippen LogP contribution is 2.23. The number of Topliss-reactive ketones (excluding diaryl/α,β-unsaturated/α-hetero) is 1. The van der Waals surface area contributed by atoms with Gasteiger partial charge >= 0.3 is 0 Å². The lowest BCUT2D eigenvalue weighted by Gasteiger charge is -2.09. The monoisotopic (exact) mass is 310 g/mol. The molecule has 0 aromatic heterocycles. The molecule has 0 N–H and O–H groups in total. The van der Waals surface area contributed by atoms with E-state index in [9.17, 15) is 4.79 Å². The predicted octanol–water partition coefficient (Wildman–Crippen LogP) is 4.26. The zero-order chi connectivity index (χ0) is 14.5. The van der Waals surface area contributed by atoms with Crippen LogP contribution in [-0.2, 0) is 0 Å². The van der Waals surface area contributed by atoms with Gasteiger partial charge in [0.15, 0.2) is 6.61 Å². The molecule has 0 atom stereocenters. The molecule has 0 aliphatic rings. The summed E-state index contributed by atoms with van der Waals surface area (Å²) in [5, 5.41) is 1.08. The van der Waals surface area contributed by atoms with Crippen LogP contribution in [0.25, 0.3) is 0 Å². The summed E-state index contributed by atoms with van der Waals surface area (Å²) in [6.07, 6.45) is 0. The summed E-state index contributed by atoms with van der Waals surface area (Å²) in [6, 6.07) is 11.7. The van der Waals surface area contributed by atoms with Crippen molar-refractivity contribution < 1.29 is 14.3 Å². The van der Waals surface area contributed by atoms with Crippen molar-refractivity contribution in [2.75, 3.05) is 13.7 Å². The second kappa shape index (κ2) is 6.64. The summed E-state index contributed by atoms with van der Waals surface area (Å²) in [4.78, 5) is 12.1. The summed E-state index contributed by atoms with van der Waals surface area (Å²) in [5.74, 6) is 0.835. The number of hydrogen-bond acceptors (Lipinski definition) is 3. The molecule has 0 saturated heterocycles. The molecule has 0 aliphatic carbocycles. The van der Waals surface area contributed by atoms with Crippen molar-refractivity contribution in [1.82, 2.24) is 0 Å². The van der Waals surface area contributed by atoms with Crippen LogP contribution in [0.3, 0.4) is 0 Å². The topological polar surface area (TPSA) is 35.5 Å². The summed E-state index contributed by atoms with van der Waals surface area (Å²) in [5.41, 5.74) is 0.397. The third-order valence-corrected chi connectivity index (χ3v) is 3.13. The Labute approximate surface area is 127 Å². The van der Waals surface area contributed by atoms with Crippen molar-refractivity contribution in [2.24, 2.45) is 0 Å². The van der Waals surface area contributed by atoms with E-state index in [4.69, 9.17) is 32.7 Å². The van der Waals surface area contributed by atoms with E-state index in [1.807, 2.05) is 0 Å². The average molecular weight is 311 g/mol. The Bertz CT molecular complexity index is 609. The smallest absolute Gasteiger partial charge is 0.203 e. The SMILES string of the molecule is COc1ccc(Cl)cc1C(=O)COc1ccc(Cl)cc1. The molecule has 0 heterocycles. The third-order valence-electron chi connectivity index (χ3n) is 2.65. The zero-order valence-electron chi connectivity index (χ0n) is 10.7. The van der Waals surface area contributed by atoms with Gasteiger partial charge in [-0.3, -0.25) is 4.79 Å². The molecular weight excluding hydrogens is 299 g/mol. The molecule has 2 rings (SSSR count). The molecule has 2 aromatic rings. The molecule has 104 valence electrons. The Morgan fingerprint density at radius 3 is 2.35 bits per heavy atom. The Morgan fingerprint density at radius 1 is 1.05 bits per heavy atom. The first-order valence-electron chi connectivity index (χ1n) is 5.85. The van der Waals surface area contributed by atoms with Crippen LogP contribution >= 0.6 is 23.2 Å². The predicted molar refractivity (Wildman–Crippen MR) is 79.3 cm³/mol. The number of carbonyl (C=O) groups excluding carboxylic acids is 1. The Balaban J connectivity index is 2.08. The Kier molecular flexibility index (Phi) is 4.88. The first kappa shape index (κ1) is 14.7. The largest absolute Gasteiger partial charge is 0.496 e. The van der Waals surface area contributed by atoms with Crippen molar-refractivity contribution in [3.8, 4) is 11.5 Å². The summed E-state index contributed by atoms with van der Waals surface area (Å²) < 4.78 is 10.5. The molecule has 2 aromatic carbocycles. The number of ether oxygens (including phenoxy) is 2. The Hall–Kier alpha value is -1.71. The molecule has 3 nitrogen and oxygen atoms in total. The van der Waals surface area contributed by atoms with E-state index in [-0.39, 0.29) is 12.4 Å². The van der Waals surface area contributed by atoms with Crippen LogP contribution in [0, 0.1) is 0 Å². The molecule has 0 amide bonds. The third kappa shape index (κ3) is 3.65. The number of hydrogen-bond donors (Lipinski definition) is 0. The standard InChI is InChI=1S/C15H12Cl2O3/c1-19-15-7-4-11(17)8-13(15)14(18)9-20-12-5-2-10(16)3-6-12/h2-8H,9H2,1H3. The fourth-order valence-corrected chi connectivity index (χ4v) is 1.95. The molecule has 5 heteroatoms. The van der Waals surface area contributed by atoms with Crippen molar-refractivity contribution in [2.45, 2.75) is 0 Å². The van der Waals surface area contributed by atoms with Crippen LogP contribution in [0.5, 0.6) is 11.5 Å². The van der Waals surface area contributed by atoms with Gasteiger partial charge < -0.3 is 9.47 Å². The molecule has 0 radical (unpaired) electrons. The number of methoxy groups -OCH3 is 1. The number of rotatable bonds is 5. The van der Waals surface area contributed by atoms with Crippen LogP contribution in [0.15, 0.2) is 42.5 Å². The van der Waals surface area contributed by atoms with Gasteiger partial charge in [-0.2, -0.15) is 0 Å². The van der Waals surface area contributed by atoms with Gasteiger partial charge in [-0.1, -0.05) is 23.2 Å². The molecular formula is C15H12Cl2O3. The van der Waals surface area contributed by atoms with E-state index in [1.165, 1.54) is 7.11 Å². The number of ketones is 1. The van der Waals surface area contributed by atoms with Gasteiger partial charge in [0, 0.05) is 10.0 Å². The summed E-state index contributed by atoms with van der Waals surface area (Å²) >= 11 is 11.7. The minimum atomic E-state index is -0.209. The number of benzene rings is 2. The van der Waals surface area contributed by atoms with Crippen molar-refractivity contribution in [3.05, 3.63) is 58.1 Å². The van der Waals surface area contributed by atoms with Crippen LogP contribution in [0.4, 0.5) is 0 Å². The molecule has 0 aliphatic heterocycles. The van der Waals surface area contributed by atoms with Crippen LogP contribution in [-0.4, -0.2) is 19.5 Å². The van der Waals surface area contributed by atoms with Gasteiger partial charge in [0.25, 0.3) is 0 Å². The van der Waals surface area contributed by atoms with Crippen molar-refractivity contribution in [3.63, 3.8) is 0 Å². The molecule has 0 bridgehead atoms. The molecule has 0 saturated carbocycles. The van der Waals surface area contributed by atoms with E-state index >= 15 is 0 Å². The highest BCUT2D eigenvalue weighted by atomic mass is 35.5. The van der Waals surface area contributed by atoms with Crippen molar-refractivity contribution in [1.29, 1.82) is 0 Å². The zero-order valence-corrected chi connectivity index (χ0v) is 12.2.